The fraction of sp³-hybridized carbons (Fsp3) is 0.160. The monoisotopic (exact) mass is 420 g/mol. The third kappa shape index (κ3) is 4.98. The van der Waals surface area contributed by atoms with E-state index in [9.17, 15) is 4.79 Å². The fourth-order valence-electron chi connectivity index (χ4n) is 2.96. The van der Waals surface area contributed by atoms with E-state index in [-0.39, 0.29) is 12.0 Å². The zero-order valence-electron chi connectivity index (χ0n) is 17.4. The molecule has 31 heavy (non-hydrogen) atoms. The number of fused-ring (bicyclic) bond motifs is 1. The van der Waals surface area contributed by atoms with E-state index < -0.39 is 0 Å². The Kier molecular flexibility index (Phi) is 7.17. The maximum atomic E-state index is 13.0. The Morgan fingerprint density at radius 1 is 0.839 bits per heavy atom. The Morgan fingerprint density at radius 3 is 2.19 bits per heavy atom. The normalized spacial score (nSPS) is 10.4. The highest BCUT2D eigenvalue weighted by Crippen LogP contribution is 2.35. The van der Waals surface area contributed by atoms with Crippen molar-refractivity contribution in [3.05, 3.63) is 84.6 Å². The molecule has 0 aliphatic heterocycles. The van der Waals surface area contributed by atoms with Crippen LogP contribution in [0.4, 0.5) is 0 Å². The Bertz CT molecular complexity index is 1160. The van der Waals surface area contributed by atoms with Crippen molar-refractivity contribution < 1.29 is 23.4 Å². The van der Waals surface area contributed by atoms with E-state index in [0.717, 1.165) is 0 Å². The van der Waals surface area contributed by atoms with Gasteiger partial charge in [-0.05, 0) is 18.2 Å². The van der Waals surface area contributed by atoms with Gasteiger partial charge in [0, 0.05) is 23.8 Å². The number of hydrogen-bond acceptors (Lipinski definition) is 6. The summed E-state index contributed by atoms with van der Waals surface area (Å²) in [4.78, 5) is 13.0. The number of rotatable bonds is 11. The Balaban J connectivity index is 2.14. The average Bonchev–Trinajstić information content (AvgIpc) is 2.79. The Morgan fingerprint density at radius 2 is 1.52 bits per heavy atom. The van der Waals surface area contributed by atoms with E-state index in [1.807, 2.05) is 0 Å². The summed E-state index contributed by atoms with van der Waals surface area (Å²) in [6.45, 7) is 11.8. The molecule has 0 aliphatic rings. The second-order valence-corrected chi connectivity index (χ2v) is 6.43. The van der Waals surface area contributed by atoms with Gasteiger partial charge in [0.05, 0.1) is 7.11 Å². The first-order chi connectivity index (χ1) is 15.1. The van der Waals surface area contributed by atoms with Crippen molar-refractivity contribution in [2.45, 2.75) is 0 Å². The highest BCUT2D eigenvalue weighted by molar-refractivity contribution is 5.86. The van der Waals surface area contributed by atoms with E-state index in [2.05, 4.69) is 19.7 Å². The van der Waals surface area contributed by atoms with E-state index in [1.54, 1.807) is 55.7 Å². The SMILES string of the molecule is C=CCOc1cc(OCC=C)c2c(=O)cc(-c3ccc(OC)c(OCC=C)c3)oc2c1. The molecule has 2 aromatic carbocycles. The molecule has 3 aromatic rings. The third-order valence-corrected chi connectivity index (χ3v) is 4.30. The Hall–Kier alpha value is -3.93. The average molecular weight is 420 g/mol. The van der Waals surface area contributed by atoms with Crippen LogP contribution in [0.3, 0.4) is 0 Å². The lowest BCUT2D eigenvalue weighted by molar-refractivity contribution is 0.326. The lowest BCUT2D eigenvalue weighted by Gasteiger charge is -2.13. The molecule has 0 amide bonds. The first-order valence-corrected chi connectivity index (χ1v) is 9.62. The van der Waals surface area contributed by atoms with Gasteiger partial charge in [0.15, 0.2) is 16.9 Å². The van der Waals surface area contributed by atoms with Crippen molar-refractivity contribution >= 4 is 11.0 Å². The number of methoxy groups -OCH3 is 1. The summed E-state index contributed by atoms with van der Waals surface area (Å²) in [6, 6.07) is 10.0. The van der Waals surface area contributed by atoms with Gasteiger partial charge in [-0.1, -0.05) is 38.0 Å². The van der Waals surface area contributed by atoms with Gasteiger partial charge in [-0.2, -0.15) is 0 Å². The summed E-state index contributed by atoms with van der Waals surface area (Å²) in [5, 5.41) is 0.327. The van der Waals surface area contributed by atoms with Crippen LogP contribution in [-0.4, -0.2) is 26.9 Å². The van der Waals surface area contributed by atoms with E-state index in [0.29, 0.717) is 58.5 Å². The highest BCUT2D eigenvalue weighted by Gasteiger charge is 2.16. The molecule has 0 bridgehead atoms. The number of hydrogen-bond donors (Lipinski definition) is 0. The van der Waals surface area contributed by atoms with Gasteiger partial charge in [0.25, 0.3) is 0 Å². The van der Waals surface area contributed by atoms with Crippen LogP contribution in [0.1, 0.15) is 0 Å². The lowest BCUT2D eigenvalue weighted by Crippen LogP contribution is -2.05. The molecule has 1 heterocycles. The standard InChI is InChI=1S/C25H24O6/c1-5-10-28-18-14-23(30-12-7-3)25-19(26)16-21(31-24(25)15-18)17-8-9-20(27-4)22(13-17)29-11-6-2/h5-9,13-16H,1-3,10-12H2,4H3. The predicted octanol–water partition coefficient (Wildman–Crippen LogP) is 5.16. The molecule has 6 heteroatoms. The van der Waals surface area contributed by atoms with E-state index in [4.69, 9.17) is 23.4 Å². The predicted molar refractivity (Wildman–Crippen MR) is 122 cm³/mol. The van der Waals surface area contributed by atoms with E-state index >= 15 is 0 Å². The molecule has 6 nitrogen and oxygen atoms in total. The van der Waals surface area contributed by atoms with Gasteiger partial charge in [-0.15, -0.1) is 0 Å². The molecule has 0 aliphatic carbocycles. The third-order valence-electron chi connectivity index (χ3n) is 4.30. The van der Waals surface area contributed by atoms with Crippen LogP contribution in [0, 0.1) is 0 Å². The van der Waals surface area contributed by atoms with Crippen molar-refractivity contribution in [1.82, 2.24) is 0 Å². The van der Waals surface area contributed by atoms with Crippen molar-refractivity contribution in [2.75, 3.05) is 26.9 Å². The van der Waals surface area contributed by atoms with Gasteiger partial charge in [-0.3, -0.25) is 4.79 Å². The summed E-state index contributed by atoms with van der Waals surface area (Å²) in [5.41, 5.74) is 0.757. The first-order valence-electron chi connectivity index (χ1n) is 9.62. The summed E-state index contributed by atoms with van der Waals surface area (Å²) < 4.78 is 28.4. The molecule has 3 rings (SSSR count). The van der Waals surface area contributed by atoms with Crippen LogP contribution in [0.15, 0.2) is 83.6 Å². The molecule has 0 saturated carbocycles. The lowest BCUT2D eigenvalue weighted by atomic mass is 10.1. The first kappa shape index (κ1) is 21.8. The van der Waals surface area contributed by atoms with E-state index in [1.165, 1.54) is 6.07 Å². The van der Waals surface area contributed by atoms with Crippen LogP contribution in [0.25, 0.3) is 22.3 Å². The van der Waals surface area contributed by atoms with Crippen LogP contribution in [-0.2, 0) is 0 Å². The molecule has 160 valence electrons. The molecular weight excluding hydrogens is 396 g/mol. The molecule has 0 radical (unpaired) electrons. The van der Waals surface area contributed by atoms with Crippen molar-refractivity contribution in [3.8, 4) is 34.3 Å². The highest BCUT2D eigenvalue weighted by atomic mass is 16.5. The second kappa shape index (κ2) is 10.2. The minimum atomic E-state index is -0.241. The second-order valence-electron chi connectivity index (χ2n) is 6.43. The van der Waals surface area contributed by atoms with Crippen LogP contribution < -0.4 is 24.4 Å². The minimum absolute atomic E-state index is 0.240. The molecule has 0 unspecified atom stereocenters. The zero-order valence-corrected chi connectivity index (χ0v) is 17.4. The molecule has 0 N–H and O–H groups in total. The quantitative estimate of drug-likeness (QED) is 0.399. The minimum Gasteiger partial charge on any atom is -0.493 e. The van der Waals surface area contributed by atoms with Gasteiger partial charge in [0.2, 0.25) is 0 Å². The van der Waals surface area contributed by atoms with Gasteiger partial charge in [0.1, 0.15) is 48.0 Å². The van der Waals surface area contributed by atoms with Gasteiger partial charge >= 0.3 is 0 Å². The number of ether oxygens (including phenoxy) is 4. The van der Waals surface area contributed by atoms with Crippen LogP contribution in [0.5, 0.6) is 23.0 Å². The zero-order chi connectivity index (χ0) is 22.2. The molecule has 1 aromatic heterocycles. The van der Waals surface area contributed by atoms with Gasteiger partial charge in [-0.25, -0.2) is 0 Å². The maximum Gasteiger partial charge on any atom is 0.197 e. The molecule has 0 spiro atoms. The van der Waals surface area contributed by atoms with Crippen LogP contribution in [0.2, 0.25) is 0 Å². The molecular formula is C25H24O6. The fourth-order valence-corrected chi connectivity index (χ4v) is 2.96. The smallest absolute Gasteiger partial charge is 0.197 e. The van der Waals surface area contributed by atoms with Crippen molar-refractivity contribution in [3.63, 3.8) is 0 Å². The molecule has 0 saturated heterocycles. The molecule has 0 atom stereocenters. The largest absolute Gasteiger partial charge is 0.493 e. The number of benzene rings is 2. The topological polar surface area (TPSA) is 67.1 Å². The summed E-state index contributed by atoms with van der Waals surface area (Å²) >= 11 is 0. The maximum absolute atomic E-state index is 13.0. The molecule has 0 fully saturated rings. The van der Waals surface area contributed by atoms with Crippen molar-refractivity contribution in [2.24, 2.45) is 0 Å². The van der Waals surface area contributed by atoms with Crippen LogP contribution >= 0.6 is 0 Å². The van der Waals surface area contributed by atoms with Crippen molar-refractivity contribution in [1.29, 1.82) is 0 Å². The van der Waals surface area contributed by atoms with Gasteiger partial charge < -0.3 is 23.4 Å². The summed E-state index contributed by atoms with van der Waals surface area (Å²) in [5.74, 6) is 2.31. The summed E-state index contributed by atoms with van der Waals surface area (Å²) in [7, 11) is 1.56. The summed E-state index contributed by atoms with van der Waals surface area (Å²) in [6.07, 6.45) is 4.86. The Labute approximate surface area is 180 Å².